The van der Waals surface area contributed by atoms with Crippen molar-refractivity contribution in [1.29, 1.82) is 0 Å². The van der Waals surface area contributed by atoms with E-state index in [-0.39, 0.29) is 0 Å². The van der Waals surface area contributed by atoms with Crippen LogP contribution in [0.2, 0.25) is 0 Å². The molecule has 2 aliphatic rings. The third-order valence-corrected chi connectivity index (χ3v) is 5.76. The van der Waals surface area contributed by atoms with Crippen LogP contribution >= 0.6 is 11.8 Å². The first-order valence-electron chi connectivity index (χ1n) is 8.12. The molecule has 4 rings (SSSR count). The van der Waals surface area contributed by atoms with E-state index in [2.05, 4.69) is 59.4 Å². The molecule has 2 atom stereocenters. The molecule has 22 heavy (non-hydrogen) atoms. The number of anilines is 1. The molecular formula is C19H22N2S. The lowest BCUT2D eigenvalue weighted by atomic mass is 9.86. The van der Waals surface area contributed by atoms with E-state index in [4.69, 9.17) is 0 Å². The molecule has 0 unspecified atom stereocenters. The van der Waals surface area contributed by atoms with E-state index in [0.717, 1.165) is 13.1 Å². The van der Waals surface area contributed by atoms with Crippen molar-refractivity contribution in [3.63, 3.8) is 0 Å². The van der Waals surface area contributed by atoms with Gasteiger partial charge in [-0.1, -0.05) is 30.3 Å². The molecule has 0 amide bonds. The molecule has 1 fully saturated rings. The third kappa shape index (κ3) is 2.33. The van der Waals surface area contributed by atoms with Gasteiger partial charge >= 0.3 is 0 Å². The van der Waals surface area contributed by atoms with Crippen LogP contribution in [0.4, 0.5) is 5.69 Å². The van der Waals surface area contributed by atoms with Crippen LogP contribution in [-0.4, -0.2) is 25.4 Å². The minimum absolute atomic E-state index is 0.590. The predicted molar refractivity (Wildman–Crippen MR) is 95.9 cm³/mol. The van der Waals surface area contributed by atoms with Crippen LogP contribution in [-0.2, 0) is 0 Å². The molecule has 0 spiro atoms. The average Bonchev–Trinajstić information content (AvgIpc) is 2.76. The smallest absolute Gasteiger partial charge is 0.0384 e. The Morgan fingerprint density at radius 2 is 1.77 bits per heavy atom. The topological polar surface area (TPSA) is 24.1 Å². The van der Waals surface area contributed by atoms with E-state index < -0.39 is 0 Å². The molecule has 2 heterocycles. The number of thioether (sulfide) groups is 1. The summed E-state index contributed by atoms with van der Waals surface area (Å²) >= 11 is 1.84. The lowest BCUT2D eigenvalue weighted by molar-refractivity contribution is 0.579. The maximum Gasteiger partial charge on any atom is 0.0384 e. The molecule has 2 aromatic carbocycles. The van der Waals surface area contributed by atoms with Gasteiger partial charge < -0.3 is 10.6 Å². The Morgan fingerprint density at radius 3 is 2.68 bits per heavy atom. The Kier molecular flexibility index (Phi) is 3.85. The summed E-state index contributed by atoms with van der Waals surface area (Å²) in [5, 5.41) is 7.32. The van der Waals surface area contributed by atoms with Crippen LogP contribution in [0.25, 0.3) is 11.1 Å². The molecule has 2 aliphatic heterocycles. The number of nitrogens with one attached hydrogen (secondary N) is 2. The summed E-state index contributed by atoms with van der Waals surface area (Å²) in [5.41, 5.74) is 5.69. The number of fused-ring (bicyclic) bond motifs is 3. The van der Waals surface area contributed by atoms with E-state index >= 15 is 0 Å². The highest BCUT2D eigenvalue weighted by Crippen LogP contribution is 2.46. The normalized spacial score (nSPS) is 23.3. The van der Waals surface area contributed by atoms with Gasteiger partial charge in [-0.3, -0.25) is 0 Å². The van der Waals surface area contributed by atoms with Crippen molar-refractivity contribution in [2.75, 3.05) is 24.7 Å². The zero-order chi connectivity index (χ0) is 14.9. The van der Waals surface area contributed by atoms with Crippen LogP contribution in [0, 0.1) is 0 Å². The lowest BCUT2D eigenvalue weighted by Crippen LogP contribution is -2.21. The number of rotatable bonds is 2. The molecule has 1 saturated heterocycles. The second kappa shape index (κ2) is 5.98. The first-order valence-corrected chi connectivity index (χ1v) is 9.34. The largest absolute Gasteiger partial charge is 0.381 e. The summed E-state index contributed by atoms with van der Waals surface area (Å²) in [4.78, 5) is 1.37. The third-order valence-electron chi connectivity index (χ3n) is 4.96. The van der Waals surface area contributed by atoms with Crippen LogP contribution in [0.3, 0.4) is 0 Å². The fourth-order valence-electron chi connectivity index (χ4n) is 3.95. The van der Waals surface area contributed by atoms with Gasteiger partial charge in [-0.05, 0) is 61.0 Å². The Balaban J connectivity index is 1.85. The summed E-state index contributed by atoms with van der Waals surface area (Å²) in [6.45, 7) is 2.25. The Bertz CT molecular complexity index is 683. The minimum Gasteiger partial charge on any atom is -0.381 e. The SMILES string of the molecule is CSc1ccccc1-c1cccc2c1[C@H]1CCNCC[C@@H]1N2. The van der Waals surface area contributed by atoms with Crippen molar-refractivity contribution < 1.29 is 0 Å². The molecule has 0 aromatic heterocycles. The Labute approximate surface area is 136 Å². The monoisotopic (exact) mass is 310 g/mol. The predicted octanol–water partition coefficient (Wildman–Crippen LogP) is 4.34. The molecule has 0 aliphatic carbocycles. The molecule has 0 saturated carbocycles. The Morgan fingerprint density at radius 1 is 0.955 bits per heavy atom. The van der Waals surface area contributed by atoms with Gasteiger partial charge in [0.1, 0.15) is 0 Å². The molecular weight excluding hydrogens is 288 g/mol. The summed E-state index contributed by atoms with van der Waals surface area (Å²) in [6.07, 6.45) is 4.60. The standard InChI is InChI=1S/C19H22N2S/c1-22-18-8-3-2-5-13(18)14-6-4-7-17-19(14)15-9-11-20-12-10-16(15)21-17/h2-8,15-16,20-21H,9-12H2,1H3/t15-,16-/m0/s1. The van der Waals surface area contributed by atoms with Gasteiger partial charge in [0.25, 0.3) is 0 Å². The molecule has 3 heteroatoms. The van der Waals surface area contributed by atoms with Crippen LogP contribution < -0.4 is 10.6 Å². The minimum atomic E-state index is 0.590. The van der Waals surface area contributed by atoms with Gasteiger partial charge in [-0.2, -0.15) is 0 Å². The van der Waals surface area contributed by atoms with E-state index in [1.54, 1.807) is 0 Å². The average molecular weight is 310 g/mol. The summed E-state index contributed by atoms with van der Waals surface area (Å²) in [5.74, 6) is 0.635. The van der Waals surface area contributed by atoms with Crippen molar-refractivity contribution in [3.05, 3.63) is 48.0 Å². The highest BCUT2D eigenvalue weighted by atomic mass is 32.2. The molecule has 2 N–H and O–H groups in total. The van der Waals surface area contributed by atoms with Gasteiger partial charge in [-0.25, -0.2) is 0 Å². The highest BCUT2D eigenvalue weighted by molar-refractivity contribution is 7.98. The lowest BCUT2D eigenvalue weighted by Gasteiger charge is -2.19. The maximum absolute atomic E-state index is 3.78. The molecule has 2 aromatic rings. The van der Waals surface area contributed by atoms with E-state index in [0.29, 0.717) is 12.0 Å². The van der Waals surface area contributed by atoms with E-state index in [1.165, 1.54) is 40.1 Å². The van der Waals surface area contributed by atoms with Gasteiger partial charge in [0.15, 0.2) is 0 Å². The van der Waals surface area contributed by atoms with Gasteiger partial charge in [0.05, 0.1) is 0 Å². The fraction of sp³-hybridized carbons (Fsp3) is 0.368. The molecule has 114 valence electrons. The van der Waals surface area contributed by atoms with Gasteiger partial charge in [-0.15, -0.1) is 11.8 Å². The number of benzene rings is 2. The first-order chi connectivity index (χ1) is 10.9. The first kappa shape index (κ1) is 14.2. The van der Waals surface area contributed by atoms with E-state index in [1.807, 2.05) is 11.8 Å². The molecule has 0 radical (unpaired) electrons. The maximum atomic E-state index is 3.78. The zero-order valence-electron chi connectivity index (χ0n) is 12.9. The van der Waals surface area contributed by atoms with Crippen molar-refractivity contribution >= 4 is 17.4 Å². The Hall–Kier alpha value is -1.45. The summed E-state index contributed by atoms with van der Waals surface area (Å²) in [7, 11) is 0. The van der Waals surface area contributed by atoms with Crippen LogP contribution in [0.15, 0.2) is 47.4 Å². The zero-order valence-corrected chi connectivity index (χ0v) is 13.7. The van der Waals surface area contributed by atoms with Crippen molar-refractivity contribution in [2.45, 2.75) is 29.7 Å². The van der Waals surface area contributed by atoms with Crippen molar-refractivity contribution in [2.24, 2.45) is 0 Å². The number of hydrogen-bond donors (Lipinski definition) is 2. The summed E-state index contributed by atoms with van der Waals surface area (Å²) in [6, 6.07) is 16.1. The molecule has 2 nitrogen and oxygen atoms in total. The van der Waals surface area contributed by atoms with Gasteiger partial charge in [0, 0.05) is 22.5 Å². The van der Waals surface area contributed by atoms with E-state index in [9.17, 15) is 0 Å². The van der Waals surface area contributed by atoms with Crippen LogP contribution in [0.5, 0.6) is 0 Å². The van der Waals surface area contributed by atoms with Crippen molar-refractivity contribution in [3.8, 4) is 11.1 Å². The summed E-state index contributed by atoms with van der Waals surface area (Å²) < 4.78 is 0. The number of hydrogen-bond acceptors (Lipinski definition) is 3. The van der Waals surface area contributed by atoms with Crippen molar-refractivity contribution in [1.82, 2.24) is 5.32 Å². The second-order valence-electron chi connectivity index (χ2n) is 6.15. The second-order valence-corrected chi connectivity index (χ2v) is 7.00. The molecule has 0 bridgehead atoms. The fourth-order valence-corrected chi connectivity index (χ4v) is 4.57. The van der Waals surface area contributed by atoms with Gasteiger partial charge in [0.2, 0.25) is 0 Å². The quantitative estimate of drug-likeness (QED) is 0.807. The highest BCUT2D eigenvalue weighted by Gasteiger charge is 2.34. The van der Waals surface area contributed by atoms with Crippen LogP contribution in [0.1, 0.15) is 24.3 Å².